The first-order valence-electron chi connectivity index (χ1n) is 6.62. The maximum absolute atomic E-state index is 13.7. The number of nitrogens with one attached hydrogen (secondary N) is 1. The van der Waals surface area contributed by atoms with Crippen molar-refractivity contribution in [2.24, 2.45) is 17.0 Å². The number of alkyl halides is 2. The molecule has 1 fully saturated rings. The van der Waals surface area contributed by atoms with Crippen LogP contribution in [0.4, 0.5) is 14.5 Å². The fourth-order valence-electron chi connectivity index (χ4n) is 2.52. The van der Waals surface area contributed by atoms with Crippen molar-refractivity contribution in [1.29, 1.82) is 0 Å². The van der Waals surface area contributed by atoms with Crippen molar-refractivity contribution in [1.82, 2.24) is 4.98 Å². The van der Waals surface area contributed by atoms with E-state index in [0.29, 0.717) is 18.5 Å². The Bertz CT molecular complexity index is 568. The third-order valence-electron chi connectivity index (χ3n) is 3.84. The molecule has 21 heavy (non-hydrogen) atoms. The van der Waals surface area contributed by atoms with Gasteiger partial charge in [0.05, 0.1) is 0 Å². The Hall–Kier alpha value is -1.41. The standard InChI is InChI=1S/C13H17F2N3O2S/c1-8-10(3-2-5-13(8,14)15)12(19)18-9-4-6-17-11(7-9)21(16)20/h4,6-8,10H,2-3,5,16H2,1H3,(H,17,18,19). The summed E-state index contributed by atoms with van der Waals surface area (Å²) in [5.74, 6) is -5.02. The first-order chi connectivity index (χ1) is 9.81. The molecule has 116 valence electrons. The first-order valence-corrected chi connectivity index (χ1v) is 7.83. The fourth-order valence-corrected chi connectivity index (χ4v) is 2.93. The topological polar surface area (TPSA) is 85.1 Å². The summed E-state index contributed by atoms with van der Waals surface area (Å²) in [4.78, 5) is 16.0. The van der Waals surface area contributed by atoms with Gasteiger partial charge in [0.2, 0.25) is 5.91 Å². The molecule has 0 saturated heterocycles. The molecule has 2 rings (SSSR count). The first kappa shape index (κ1) is 16.0. The van der Waals surface area contributed by atoms with E-state index in [9.17, 15) is 17.8 Å². The van der Waals surface area contributed by atoms with Gasteiger partial charge in [0.1, 0.15) is 16.0 Å². The van der Waals surface area contributed by atoms with Gasteiger partial charge in [-0.2, -0.15) is 0 Å². The second-order valence-corrected chi connectivity index (χ2v) is 6.23. The molecule has 0 bridgehead atoms. The molecule has 3 N–H and O–H groups in total. The average Bonchev–Trinajstić information content (AvgIpc) is 2.42. The molecule has 5 nitrogen and oxygen atoms in total. The molecule has 1 saturated carbocycles. The number of halogens is 2. The minimum absolute atomic E-state index is 0.120. The zero-order valence-electron chi connectivity index (χ0n) is 11.5. The molecule has 1 heterocycles. The number of hydrogen-bond donors (Lipinski definition) is 2. The van der Waals surface area contributed by atoms with Crippen molar-refractivity contribution >= 4 is 22.6 Å². The molecule has 1 aromatic rings. The van der Waals surface area contributed by atoms with Crippen molar-refractivity contribution in [3.05, 3.63) is 18.3 Å². The number of nitrogens with two attached hydrogens (primary N) is 1. The summed E-state index contributed by atoms with van der Waals surface area (Å²) in [7, 11) is -1.76. The number of hydrogen-bond acceptors (Lipinski definition) is 3. The van der Waals surface area contributed by atoms with Crippen LogP contribution in [0.5, 0.6) is 0 Å². The summed E-state index contributed by atoms with van der Waals surface area (Å²) in [5.41, 5.74) is 0.352. The lowest BCUT2D eigenvalue weighted by Crippen LogP contribution is -2.41. The molecule has 3 atom stereocenters. The maximum Gasteiger partial charge on any atom is 0.251 e. The van der Waals surface area contributed by atoms with Gasteiger partial charge in [0.15, 0.2) is 0 Å². The van der Waals surface area contributed by atoms with Crippen molar-refractivity contribution in [2.45, 2.75) is 37.1 Å². The molecule has 3 unspecified atom stereocenters. The number of carbonyl (C=O) groups is 1. The van der Waals surface area contributed by atoms with Crippen LogP contribution >= 0.6 is 0 Å². The van der Waals surface area contributed by atoms with Crippen LogP contribution in [0.25, 0.3) is 0 Å². The van der Waals surface area contributed by atoms with Crippen LogP contribution < -0.4 is 10.5 Å². The Labute approximate surface area is 123 Å². The molecule has 8 heteroatoms. The van der Waals surface area contributed by atoms with Gasteiger partial charge in [-0.05, 0) is 25.0 Å². The van der Waals surface area contributed by atoms with Crippen molar-refractivity contribution in [3.8, 4) is 0 Å². The fraction of sp³-hybridized carbons (Fsp3) is 0.538. The Kier molecular flexibility index (Phi) is 4.67. The van der Waals surface area contributed by atoms with Crippen LogP contribution in [0.15, 0.2) is 23.4 Å². The summed E-state index contributed by atoms with van der Waals surface area (Å²) in [6.07, 6.45) is 1.94. The highest BCUT2D eigenvalue weighted by molar-refractivity contribution is 7.82. The summed E-state index contributed by atoms with van der Waals surface area (Å²) < 4.78 is 38.5. The molecule has 1 aliphatic rings. The minimum atomic E-state index is -2.82. The smallest absolute Gasteiger partial charge is 0.251 e. The van der Waals surface area contributed by atoms with Crippen molar-refractivity contribution < 1.29 is 17.8 Å². The lowest BCUT2D eigenvalue weighted by Gasteiger charge is -2.34. The van der Waals surface area contributed by atoms with Gasteiger partial charge in [-0.3, -0.25) is 4.79 Å². The number of rotatable bonds is 3. The highest BCUT2D eigenvalue weighted by Crippen LogP contribution is 2.42. The maximum atomic E-state index is 13.7. The molecule has 0 aliphatic heterocycles. The zero-order valence-corrected chi connectivity index (χ0v) is 12.3. The predicted molar refractivity (Wildman–Crippen MR) is 74.9 cm³/mol. The second-order valence-electron chi connectivity index (χ2n) is 5.22. The molecule has 0 aromatic carbocycles. The molecule has 1 aromatic heterocycles. The van der Waals surface area contributed by atoms with Crippen LogP contribution in [0.1, 0.15) is 26.2 Å². The molecular weight excluding hydrogens is 300 g/mol. The summed E-state index contributed by atoms with van der Waals surface area (Å²) in [6, 6.07) is 2.87. The van der Waals surface area contributed by atoms with Gasteiger partial charge in [-0.15, -0.1) is 0 Å². The van der Waals surface area contributed by atoms with E-state index in [-0.39, 0.29) is 11.4 Å². The SMILES string of the molecule is CC1C(C(=O)Nc2ccnc(S(N)=O)c2)CCCC1(F)F. The largest absolute Gasteiger partial charge is 0.326 e. The molecule has 1 amide bonds. The van der Waals surface area contributed by atoms with Crippen LogP contribution in [-0.4, -0.2) is 21.0 Å². The van der Waals surface area contributed by atoms with Crippen LogP contribution in [0.3, 0.4) is 0 Å². The van der Waals surface area contributed by atoms with Crippen molar-refractivity contribution in [3.63, 3.8) is 0 Å². The van der Waals surface area contributed by atoms with Crippen LogP contribution in [0.2, 0.25) is 0 Å². The van der Waals surface area contributed by atoms with E-state index in [1.165, 1.54) is 25.3 Å². The van der Waals surface area contributed by atoms with Gasteiger partial charge >= 0.3 is 0 Å². The Morgan fingerprint density at radius 3 is 2.95 bits per heavy atom. The highest BCUT2D eigenvalue weighted by atomic mass is 32.2. The second kappa shape index (κ2) is 6.15. The summed E-state index contributed by atoms with van der Waals surface area (Å²) in [5, 5.41) is 7.90. The minimum Gasteiger partial charge on any atom is -0.326 e. The summed E-state index contributed by atoms with van der Waals surface area (Å²) in [6.45, 7) is 1.40. The normalized spacial score (nSPS) is 26.1. The quantitative estimate of drug-likeness (QED) is 0.895. The highest BCUT2D eigenvalue weighted by Gasteiger charge is 2.46. The van der Waals surface area contributed by atoms with Gasteiger partial charge in [-0.1, -0.05) is 6.92 Å². The number of amides is 1. The van der Waals surface area contributed by atoms with Crippen LogP contribution in [0, 0.1) is 11.8 Å². The van der Waals surface area contributed by atoms with Gasteiger partial charge in [0.25, 0.3) is 5.92 Å². The third-order valence-corrected chi connectivity index (χ3v) is 4.48. The van der Waals surface area contributed by atoms with E-state index in [4.69, 9.17) is 5.14 Å². The van der Waals surface area contributed by atoms with E-state index in [0.717, 1.165) is 0 Å². The molecule has 1 aliphatic carbocycles. The van der Waals surface area contributed by atoms with E-state index >= 15 is 0 Å². The predicted octanol–water partition coefficient (Wildman–Crippen LogP) is 2.07. The number of aromatic nitrogens is 1. The molecule has 0 radical (unpaired) electrons. The van der Waals surface area contributed by atoms with Crippen LogP contribution in [-0.2, 0) is 15.8 Å². The van der Waals surface area contributed by atoms with E-state index < -0.39 is 34.7 Å². The van der Waals surface area contributed by atoms with E-state index in [1.807, 2.05) is 0 Å². The average molecular weight is 317 g/mol. The van der Waals surface area contributed by atoms with Gasteiger partial charge in [0, 0.05) is 30.1 Å². The summed E-state index contributed by atoms with van der Waals surface area (Å²) >= 11 is 0. The van der Waals surface area contributed by atoms with Gasteiger partial charge < -0.3 is 5.32 Å². The number of nitrogens with zero attached hydrogens (tertiary/aromatic N) is 1. The van der Waals surface area contributed by atoms with E-state index in [2.05, 4.69) is 10.3 Å². The lowest BCUT2D eigenvalue weighted by molar-refractivity contribution is -0.138. The van der Waals surface area contributed by atoms with Gasteiger partial charge in [-0.25, -0.2) is 23.1 Å². The Balaban J connectivity index is 2.11. The molecule has 0 spiro atoms. The Morgan fingerprint density at radius 2 is 2.29 bits per heavy atom. The monoisotopic (exact) mass is 317 g/mol. The number of pyridine rings is 1. The number of anilines is 1. The third kappa shape index (κ3) is 3.62. The zero-order chi connectivity index (χ0) is 15.6. The van der Waals surface area contributed by atoms with E-state index in [1.54, 1.807) is 0 Å². The molecular formula is C13H17F2N3O2S. The van der Waals surface area contributed by atoms with Crippen molar-refractivity contribution in [2.75, 3.05) is 5.32 Å². The lowest BCUT2D eigenvalue weighted by atomic mass is 9.77. The number of carbonyl (C=O) groups excluding carboxylic acids is 1. The Morgan fingerprint density at radius 1 is 1.57 bits per heavy atom.